The molecule has 33 heavy (non-hydrogen) atoms. The quantitative estimate of drug-likeness (QED) is 0.479. The number of carbonyl (C=O) groups is 1. The lowest BCUT2D eigenvalue weighted by molar-refractivity contribution is -0.113. The minimum absolute atomic E-state index is 0.0428. The van der Waals surface area contributed by atoms with Crippen LogP contribution >= 0.6 is 11.8 Å². The number of benzene rings is 1. The largest absolute Gasteiger partial charge is 0.489 e. The Hall–Kier alpha value is -2.70. The summed E-state index contributed by atoms with van der Waals surface area (Å²) in [6.45, 7) is 4.74. The number of piperidine rings is 1. The predicted octanol–water partition coefficient (Wildman–Crippen LogP) is 2.82. The molecule has 0 aliphatic carbocycles. The second-order valence-electron chi connectivity index (χ2n) is 7.88. The normalized spacial score (nSPS) is 15.1. The van der Waals surface area contributed by atoms with Gasteiger partial charge in [-0.15, -0.1) is 5.10 Å². The van der Waals surface area contributed by atoms with Gasteiger partial charge >= 0.3 is 0 Å². The standard InChI is InChI=1S/C21H26N6O4S2/c1-15(2)31-18-8-7-16(33(29,30)26-10-4-3-5-11-26)13-17(18)23-19(28)14-32-21-24-20-22-9-6-12-27(20)25-21/h6-9,12-13,15H,3-5,10-11,14H2,1-2H3,(H,23,28). The minimum atomic E-state index is -3.64. The number of hydrogen-bond donors (Lipinski definition) is 1. The third-order valence-electron chi connectivity index (χ3n) is 4.97. The second-order valence-corrected chi connectivity index (χ2v) is 10.8. The molecule has 1 saturated heterocycles. The number of anilines is 1. The fourth-order valence-electron chi connectivity index (χ4n) is 3.47. The number of thioether (sulfide) groups is 1. The molecule has 10 nitrogen and oxygen atoms in total. The number of fused-ring (bicyclic) bond motifs is 1. The summed E-state index contributed by atoms with van der Waals surface area (Å²) >= 11 is 1.16. The topological polar surface area (TPSA) is 119 Å². The van der Waals surface area contributed by atoms with Gasteiger partial charge in [-0.2, -0.15) is 9.29 Å². The molecule has 1 amide bonds. The Kier molecular flexibility index (Phi) is 7.15. The molecule has 0 spiro atoms. The molecule has 1 aromatic carbocycles. The zero-order valence-corrected chi connectivity index (χ0v) is 20.1. The van der Waals surface area contributed by atoms with E-state index in [0.29, 0.717) is 35.5 Å². The summed E-state index contributed by atoms with van der Waals surface area (Å²) < 4.78 is 35.0. The maximum atomic E-state index is 13.1. The lowest BCUT2D eigenvalue weighted by Crippen LogP contribution is -2.35. The van der Waals surface area contributed by atoms with E-state index >= 15 is 0 Å². The highest BCUT2D eigenvalue weighted by molar-refractivity contribution is 7.99. The maximum absolute atomic E-state index is 13.1. The second kappa shape index (κ2) is 10.1. The highest BCUT2D eigenvalue weighted by Gasteiger charge is 2.27. The molecular weight excluding hydrogens is 464 g/mol. The van der Waals surface area contributed by atoms with Crippen LogP contribution in [0.15, 0.2) is 46.7 Å². The molecule has 0 bridgehead atoms. The van der Waals surface area contributed by atoms with Gasteiger partial charge in [0.2, 0.25) is 21.1 Å². The molecule has 0 radical (unpaired) electrons. The zero-order chi connectivity index (χ0) is 23.4. The number of amides is 1. The molecule has 2 aromatic heterocycles. The van der Waals surface area contributed by atoms with Gasteiger partial charge in [-0.3, -0.25) is 4.79 Å². The highest BCUT2D eigenvalue weighted by Crippen LogP contribution is 2.31. The first-order valence-electron chi connectivity index (χ1n) is 10.7. The van der Waals surface area contributed by atoms with Crippen molar-refractivity contribution < 1.29 is 17.9 Å². The molecule has 1 aliphatic rings. The monoisotopic (exact) mass is 490 g/mol. The Morgan fingerprint density at radius 3 is 2.76 bits per heavy atom. The van der Waals surface area contributed by atoms with E-state index in [0.717, 1.165) is 31.0 Å². The van der Waals surface area contributed by atoms with E-state index in [4.69, 9.17) is 4.74 Å². The van der Waals surface area contributed by atoms with Crippen molar-refractivity contribution in [3.05, 3.63) is 36.7 Å². The van der Waals surface area contributed by atoms with Gasteiger partial charge in [0.15, 0.2) is 0 Å². The van der Waals surface area contributed by atoms with Crippen LogP contribution in [0.1, 0.15) is 33.1 Å². The number of carbonyl (C=O) groups excluding carboxylic acids is 1. The molecule has 4 rings (SSSR count). The van der Waals surface area contributed by atoms with Crippen LogP contribution in [0, 0.1) is 0 Å². The molecular formula is C21H26N6O4S2. The van der Waals surface area contributed by atoms with E-state index in [9.17, 15) is 13.2 Å². The molecule has 1 aliphatic heterocycles. The number of aromatic nitrogens is 4. The van der Waals surface area contributed by atoms with Crippen molar-refractivity contribution in [2.75, 3.05) is 24.2 Å². The van der Waals surface area contributed by atoms with E-state index in [1.54, 1.807) is 24.5 Å². The summed E-state index contributed by atoms with van der Waals surface area (Å²) in [5.41, 5.74) is 0.317. The first kappa shape index (κ1) is 23.5. The number of hydrogen-bond acceptors (Lipinski definition) is 8. The average Bonchev–Trinajstić information content (AvgIpc) is 3.22. The molecule has 0 saturated carbocycles. The van der Waals surface area contributed by atoms with Gasteiger partial charge < -0.3 is 10.1 Å². The molecule has 0 unspecified atom stereocenters. The molecule has 12 heteroatoms. The van der Waals surface area contributed by atoms with Crippen molar-refractivity contribution in [2.45, 2.75) is 49.3 Å². The summed E-state index contributed by atoms with van der Waals surface area (Å²) in [4.78, 5) is 21.2. The van der Waals surface area contributed by atoms with Crippen LogP contribution in [0.4, 0.5) is 5.69 Å². The molecule has 1 fully saturated rings. The Labute approximate surface area is 196 Å². The van der Waals surface area contributed by atoms with Crippen molar-refractivity contribution in [1.82, 2.24) is 23.9 Å². The van der Waals surface area contributed by atoms with Crippen LogP contribution in [0.25, 0.3) is 5.78 Å². The van der Waals surface area contributed by atoms with Crippen LogP contribution in [0.2, 0.25) is 0 Å². The van der Waals surface area contributed by atoms with Gasteiger partial charge in [-0.05, 0) is 51.0 Å². The van der Waals surface area contributed by atoms with E-state index in [-0.39, 0.29) is 22.7 Å². The van der Waals surface area contributed by atoms with Gasteiger partial charge in [-0.25, -0.2) is 17.9 Å². The summed E-state index contributed by atoms with van der Waals surface area (Å²) in [6, 6.07) is 6.33. The molecule has 3 aromatic rings. The summed E-state index contributed by atoms with van der Waals surface area (Å²) in [5, 5.41) is 7.47. The highest BCUT2D eigenvalue weighted by atomic mass is 32.2. The zero-order valence-electron chi connectivity index (χ0n) is 18.5. The van der Waals surface area contributed by atoms with E-state index in [2.05, 4.69) is 20.4 Å². The fraction of sp³-hybridized carbons (Fsp3) is 0.429. The predicted molar refractivity (Wildman–Crippen MR) is 125 cm³/mol. The molecule has 1 N–H and O–H groups in total. The van der Waals surface area contributed by atoms with Crippen molar-refractivity contribution in [3.63, 3.8) is 0 Å². The van der Waals surface area contributed by atoms with Crippen molar-refractivity contribution in [3.8, 4) is 5.75 Å². The SMILES string of the molecule is CC(C)Oc1ccc(S(=O)(=O)N2CCCCC2)cc1NC(=O)CSc1nc2ncccn2n1. The Balaban J connectivity index is 1.51. The van der Waals surface area contributed by atoms with Gasteiger partial charge in [0.05, 0.1) is 22.4 Å². The Morgan fingerprint density at radius 2 is 2.03 bits per heavy atom. The van der Waals surface area contributed by atoms with Crippen molar-refractivity contribution >= 4 is 39.2 Å². The first-order chi connectivity index (χ1) is 15.8. The van der Waals surface area contributed by atoms with Gasteiger partial charge in [0.25, 0.3) is 5.78 Å². The number of ether oxygens (including phenoxy) is 1. The van der Waals surface area contributed by atoms with Crippen LogP contribution in [0.5, 0.6) is 5.75 Å². The van der Waals surface area contributed by atoms with Crippen LogP contribution in [0.3, 0.4) is 0 Å². The number of rotatable bonds is 8. The minimum Gasteiger partial charge on any atom is -0.489 e. The molecule has 3 heterocycles. The van der Waals surface area contributed by atoms with E-state index in [1.165, 1.54) is 21.0 Å². The summed E-state index contributed by atoms with van der Waals surface area (Å²) in [6.07, 6.45) is 5.93. The lowest BCUT2D eigenvalue weighted by Gasteiger charge is -2.26. The number of nitrogens with zero attached hydrogens (tertiary/aromatic N) is 5. The Bertz CT molecular complexity index is 1210. The molecule has 176 valence electrons. The summed E-state index contributed by atoms with van der Waals surface area (Å²) in [5.74, 6) is 0.578. The van der Waals surface area contributed by atoms with Crippen molar-refractivity contribution in [1.29, 1.82) is 0 Å². The van der Waals surface area contributed by atoms with Gasteiger partial charge in [0.1, 0.15) is 5.75 Å². The van der Waals surface area contributed by atoms with Crippen LogP contribution in [-0.2, 0) is 14.8 Å². The smallest absolute Gasteiger partial charge is 0.253 e. The van der Waals surface area contributed by atoms with E-state index < -0.39 is 10.0 Å². The average molecular weight is 491 g/mol. The van der Waals surface area contributed by atoms with Crippen LogP contribution in [-0.4, -0.2) is 63.2 Å². The summed E-state index contributed by atoms with van der Waals surface area (Å²) in [7, 11) is -3.64. The number of sulfonamides is 1. The molecule has 0 atom stereocenters. The lowest BCUT2D eigenvalue weighted by atomic mass is 10.2. The Morgan fingerprint density at radius 1 is 1.24 bits per heavy atom. The third-order valence-corrected chi connectivity index (χ3v) is 7.70. The number of nitrogens with one attached hydrogen (secondary N) is 1. The van der Waals surface area contributed by atoms with E-state index in [1.807, 2.05) is 13.8 Å². The van der Waals surface area contributed by atoms with Gasteiger partial charge in [0, 0.05) is 25.5 Å². The maximum Gasteiger partial charge on any atom is 0.253 e. The fourth-order valence-corrected chi connectivity index (χ4v) is 5.64. The van der Waals surface area contributed by atoms with Crippen LogP contribution < -0.4 is 10.1 Å². The van der Waals surface area contributed by atoms with Crippen molar-refractivity contribution in [2.24, 2.45) is 0 Å². The first-order valence-corrected chi connectivity index (χ1v) is 13.2. The third kappa shape index (κ3) is 5.63. The van der Waals surface area contributed by atoms with Gasteiger partial charge in [-0.1, -0.05) is 18.2 Å².